The number of Topliss-reactive ketones (excluding diaryl/α,β-unsaturated/α-hetero) is 1. The third kappa shape index (κ3) is 3.07. The van der Waals surface area contributed by atoms with Crippen molar-refractivity contribution < 1.29 is 9.32 Å². The molecule has 5 nitrogen and oxygen atoms in total. The van der Waals surface area contributed by atoms with Crippen LogP contribution in [-0.2, 0) is 11.2 Å². The molecular weight excluding hydrogens is 238 g/mol. The zero-order chi connectivity index (χ0) is 12.3. The molecule has 1 aliphatic rings. The van der Waals surface area contributed by atoms with E-state index in [4.69, 9.17) is 4.52 Å². The van der Waals surface area contributed by atoms with E-state index >= 15 is 0 Å². The van der Waals surface area contributed by atoms with Crippen LogP contribution in [0.3, 0.4) is 0 Å². The molecule has 0 N–H and O–H groups in total. The molecular formula is C11H17N3O2S. The van der Waals surface area contributed by atoms with E-state index in [1.54, 1.807) is 0 Å². The first kappa shape index (κ1) is 12.6. The quantitative estimate of drug-likeness (QED) is 0.808. The zero-order valence-corrected chi connectivity index (χ0v) is 11.0. The Morgan fingerprint density at radius 1 is 1.65 bits per heavy atom. The first-order chi connectivity index (χ1) is 8.20. The van der Waals surface area contributed by atoms with Gasteiger partial charge in [0.2, 0.25) is 5.89 Å². The van der Waals surface area contributed by atoms with Crippen LogP contribution in [0.15, 0.2) is 4.52 Å². The number of hydrogen-bond donors (Lipinski definition) is 0. The molecule has 0 aromatic carbocycles. The van der Waals surface area contributed by atoms with Crippen LogP contribution in [-0.4, -0.2) is 45.9 Å². The molecule has 0 spiro atoms. The minimum absolute atomic E-state index is 0.131. The van der Waals surface area contributed by atoms with Crippen LogP contribution in [0.4, 0.5) is 0 Å². The van der Waals surface area contributed by atoms with Gasteiger partial charge in [0.25, 0.3) is 0 Å². The van der Waals surface area contributed by atoms with Crippen LogP contribution in [0.5, 0.6) is 0 Å². The molecule has 2 rings (SSSR count). The third-order valence-corrected chi connectivity index (χ3v) is 3.94. The Bertz CT molecular complexity index is 394. The van der Waals surface area contributed by atoms with Crippen LogP contribution in [0.25, 0.3) is 0 Å². The summed E-state index contributed by atoms with van der Waals surface area (Å²) >= 11 is 1.90. The van der Waals surface area contributed by atoms with E-state index in [9.17, 15) is 4.79 Å². The normalized spacial score (nSPS) is 21.6. The first-order valence-corrected chi connectivity index (χ1v) is 6.98. The summed E-state index contributed by atoms with van der Waals surface area (Å²) in [6.07, 6.45) is 0.768. The molecule has 17 heavy (non-hydrogen) atoms. The number of rotatable bonds is 4. The van der Waals surface area contributed by atoms with Gasteiger partial charge in [-0.3, -0.25) is 9.69 Å². The average Bonchev–Trinajstić information content (AvgIpc) is 2.78. The first-order valence-electron chi connectivity index (χ1n) is 5.83. The molecule has 1 aromatic heterocycles. The van der Waals surface area contributed by atoms with Crippen LogP contribution < -0.4 is 0 Å². The van der Waals surface area contributed by atoms with Crippen molar-refractivity contribution in [3.63, 3.8) is 0 Å². The summed E-state index contributed by atoms with van der Waals surface area (Å²) in [5, 5.41) is 3.98. The highest BCUT2D eigenvalue weighted by Gasteiger charge is 2.25. The fraction of sp³-hybridized carbons (Fsp3) is 0.727. The molecule has 1 unspecified atom stereocenters. The van der Waals surface area contributed by atoms with E-state index in [1.165, 1.54) is 0 Å². The number of thioether (sulfide) groups is 1. The number of carbonyl (C=O) groups excluding carboxylic acids is 1. The number of nitrogens with zero attached hydrogens (tertiary/aromatic N) is 3. The number of ketones is 1. The monoisotopic (exact) mass is 255 g/mol. The smallest absolute Gasteiger partial charge is 0.234 e. The average molecular weight is 255 g/mol. The summed E-state index contributed by atoms with van der Waals surface area (Å²) in [6.45, 7) is 2.87. The van der Waals surface area contributed by atoms with Gasteiger partial charge in [0, 0.05) is 24.5 Å². The van der Waals surface area contributed by atoms with Gasteiger partial charge >= 0.3 is 0 Å². The van der Waals surface area contributed by atoms with E-state index in [-0.39, 0.29) is 18.2 Å². The van der Waals surface area contributed by atoms with Gasteiger partial charge in [0.1, 0.15) is 5.78 Å². The Morgan fingerprint density at radius 2 is 2.47 bits per heavy atom. The molecule has 0 amide bonds. The predicted molar refractivity (Wildman–Crippen MR) is 66.0 cm³/mol. The topological polar surface area (TPSA) is 59.2 Å². The van der Waals surface area contributed by atoms with E-state index in [0.717, 1.165) is 18.1 Å². The maximum absolute atomic E-state index is 11.3. The van der Waals surface area contributed by atoms with Gasteiger partial charge in [-0.2, -0.15) is 16.7 Å². The van der Waals surface area contributed by atoms with Crippen molar-refractivity contribution in [2.75, 3.05) is 25.1 Å². The van der Waals surface area contributed by atoms with Gasteiger partial charge < -0.3 is 4.52 Å². The van der Waals surface area contributed by atoms with E-state index < -0.39 is 0 Å². The van der Waals surface area contributed by atoms with Gasteiger partial charge in [0.15, 0.2) is 5.82 Å². The number of carbonyl (C=O) groups is 1. The minimum atomic E-state index is 0.131. The lowest BCUT2D eigenvalue weighted by Gasteiger charge is -2.29. The lowest BCUT2D eigenvalue weighted by atomic mass is 10.2. The third-order valence-electron chi connectivity index (χ3n) is 2.92. The Labute approximate surface area is 105 Å². The highest BCUT2D eigenvalue weighted by Crippen LogP contribution is 2.26. The summed E-state index contributed by atoms with van der Waals surface area (Å²) in [4.78, 5) is 17.8. The molecule has 0 bridgehead atoms. The summed E-state index contributed by atoms with van der Waals surface area (Å²) in [7, 11) is 2.07. The lowest BCUT2D eigenvalue weighted by Crippen LogP contribution is -2.33. The second kappa shape index (κ2) is 5.64. The predicted octanol–water partition coefficient (Wildman–Crippen LogP) is 1.31. The molecule has 1 saturated heterocycles. The van der Waals surface area contributed by atoms with Gasteiger partial charge in [-0.25, -0.2) is 0 Å². The van der Waals surface area contributed by atoms with Crippen molar-refractivity contribution in [3.8, 4) is 0 Å². The van der Waals surface area contributed by atoms with Crippen molar-refractivity contribution >= 4 is 17.5 Å². The summed E-state index contributed by atoms with van der Waals surface area (Å²) < 4.78 is 5.12. The SMILES string of the molecule is CCC(=O)Cc1nc(C2CSCCN2C)no1. The standard InChI is InChI=1S/C11H17N3O2S/c1-3-8(15)6-10-12-11(13-16-10)9-7-17-5-4-14(9)2/h9H,3-7H2,1-2H3. The fourth-order valence-corrected chi connectivity index (χ4v) is 2.94. The van der Waals surface area contributed by atoms with E-state index in [1.807, 2.05) is 18.7 Å². The second-order valence-electron chi connectivity index (χ2n) is 4.19. The number of hydrogen-bond acceptors (Lipinski definition) is 6. The van der Waals surface area contributed by atoms with E-state index in [0.29, 0.717) is 18.1 Å². The van der Waals surface area contributed by atoms with Crippen molar-refractivity contribution in [1.82, 2.24) is 15.0 Å². The highest BCUT2D eigenvalue weighted by molar-refractivity contribution is 7.99. The van der Waals surface area contributed by atoms with Gasteiger partial charge in [-0.05, 0) is 7.05 Å². The number of aromatic nitrogens is 2. The van der Waals surface area contributed by atoms with Gasteiger partial charge in [-0.15, -0.1) is 0 Å². The Hall–Kier alpha value is -0.880. The molecule has 1 atom stereocenters. The van der Waals surface area contributed by atoms with Crippen molar-refractivity contribution in [2.45, 2.75) is 25.8 Å². The summed E-state index contributed by atoms with van der Waals surface area (Å²) in [6, 6.07) is 0.211. The second-order valence-corrected chi connectivity index (χ2v) is 5.34. The molecule has 2 heterocycles. The van der Waals surface area contributed by atoms with Crippen molar-refractivity contribution in [2.24, 2.45) is 0 Å². The Morgan fingerprint density at radius 3 is 3.18 bits per heavy atom. The summed E-state index contributed by atoms with van der Waals surface area (Å²) in [5.74, 6) is 3.41. The van der Waals surface area contributed by atoms with Crippen molar-refractivity contribution in [1.29, 1.82) is 0 Å². The van der Waals surface area contributed by atoms with E-state index in [2.05, 4.69) is 22.1 Å². The summed E-state index contributed by atoms with van der Waals surface area (Å²) in [5.41, 5.74) is 0. The molecule has 1 fully saturated rings. The minimum Gasteiger partial charge on any atom is -0.339 e. The van der Waals surface area contributed by atoms with Crippen LogP contribution in [0, 0.1) is 0 Å². The Balaban J connectivity index is 2.04. The lowest BCUT2D eigenvalue weighted by molar-refractivity contribution is -0.118. The highest BCUT2D eigenvalue weighted by atomic mass is 32.2. The van der Waals surface area contributed by atoms with Crippen molar-refractivity contribution in [3.05, 3.63) is 11.7 Å². The maximum atomic E-state index is 11.3. The van der Waals surface area contributed by atoms with Gasteiger partial charge in [-0.1, -0.05) is 12.1 Å². The fourth-order valence-electron chi connectivity index (χ4n) is 1.73. The molecule has 0 radical (unpaired) electrons. The molecule has 0 aliphatic carbocycles. The van der Waals surface area contributed by atoms with Crippen LogP contribution in [0.2, 0.25) is 0 Å². The Kier molecular flexibility index (Phi) is 4.17. The molecule has 1 aromatic rings. The molecule has 1 aliphatic heterocycles. The maximum Gasteiger partial charge on any atom is 0.234 e. The largest absolute Gasteiger partial charge is 0.339 e. The van der Waals surface area contributed by atoms with Crippen LogP contribution >= 0.6 is 11.8 Å². The molecule has 6 heteroatoms. The van der Waals surface area contributed by atoms with Gasteiger partial charge in [0.05, 0.1) is 12.5 Å². The molecule has 0 saturated carbocycles. The van der Waals surface area contributed by atoms with Crippen LogP contribution in [0.1, 0.15) is 31.1 Å². The zero-order valence-electron chi connectivity index (χ0n) is 10.2. The molecule has 94 valence electrons.